The van der Waals surface area contributed by atoms with Crippen molar-refractivity contribution in [1.82, 2.24) is 4.90 Å². The number of halogens is 3. The lowest BCUT2D eigenvalue weighted by Crippen LogP contribution is -2.37. The second-order valence-electron chi connectivity index (χ2n) is 8.55. The van der Waals surface area contributed by atoms with Crippen LogP contribution in [-0.4, -0.2) is 29.3 Å². The first-order valence-corrected chi connectivity index (χ1v) is 12.0. The van der Waals surface area contributed by atoms with Crippen LogP contribution in [0.15, 0.2) is 72.8 Å². The maximum absolute atomic E-state index is 14.6. The number of benzene rings is 3. The highest BCUT2D eigenvalue weighted by molar-refractivity contribution is 6.30. The van der Waals surface area contributed by atoms with Gasteiger partial charge in [-0.05, 0) is 41.8 Å². The van der Waals surface area contributed by atoms with E-state index in [1.54, 1.807) is 54.6 Å². The van der Waals surface area contributed by atoms with Crippen molar-refractivity contribution in [3.63, 3.8) is 0 Å². The molecule has 3 atom stereocenters. The number of imide groups is 1. The summed E-state index contributed by atoms with van der Waals surface area (Å²) in [5, 5.41) is 0.442. The second-order valence-corrected chi connectivity index (χ2v) is 8.98. The Morgan fingerprint density at radius 2 is 1.56 bits per heavy atom. The maximum Gasteiger partial charge on any atom is 0.417 e. The molecule has 1 aliphatic heterocycles. The number of nitrogens with zero attached hydrogens (tertiary/aromatic N) is 1. The number of amides is 2. The molecule has 1 aliphatic rings. The smallest absolute Gasteiger partial charge is 0.417 e. The van der Waals surface area contributed by atoms with E-state index in [4.69, 9.17) is 16.3 Å². The average molecular weight is 512 g/mol. The van der Waals surface area contributed by atoms with E-state index in [9.17, 15) is 23.2 Å². The van der Waals surface area contributed by atoms with E-state index in [1.165, 1.54) is 0 Å². The molecule has 5 nitrogen and oxygen atoms in total. The lowest BCUT2D eigenvalue weighted by atomic mass is 9.78. The van der Waals surface area contributed by atoms with Gasteiger partial charge in [-0.2, -0.15) is 0 Å². The zero-order valence-electron chi connectivity index (χ0n) is 19.5. The van der Waals surface area contributed by atoms with Crippen LogP contribution in [-0.2, 0) is 9.53 Å². The summed E-state index contributed by atoms with van der Waals surface area (Å²) >= 11 is 6.07. The van der Waals surface area contributed by atoms with Crippen LogP contribution in [0, 0.1) is 17.6 Å². The fraction of sp³-hybridized carbons (Fsp3) is 0.250. The number of carbonyl (C=O) groups excluding carboxylic acids is 3. The molecule has 4 rings (SSSR count). The van der Waals surface area contributed by atoms with E-state index >= 15 is 0 Å². The molecule has 0 spiro atoms. The van der Waals surface area contributed by atoms with Gasteiger partial charge in [0.2, 0.25) is 5.91 Å². The molecule has 1 saturated heterocycles. The Balaban J connectivity index is 1.89. The molecule has 0 aliphatic carbocycles. The van der Waals surface area contributed by atoms with Gasteiger partial charge in [0.15, 0.2) is 5.78 Å². The minimum Gasteiger partial charge on any atom is -0.449 e. The van der Waals surface area contributed by atoms with E-state index in [1.807, 2.05) is 6.92 Å². The summed E-state index contributed by atoms with van der Waals surface area (Å²) in [6.07, 6.45) is 0.436. The van der Waals surface area contributed by atoms with E-state index in [2.05, 4.69) is 0 Å². The third kappa shape index (κ3) is 4.88. The zero-order chi connectivity index (χ0) is 25.8. The van der Waals surface area contributed by atoms with Crippen molar-refractivity contribution in [2.24, 2.45) is 5.92 Å². The van der Waals surface area contributed by atoms with Gasteiger partial charge in [-0.25, -0.2) is 18.5 Å². The van der Waals surface area contributed by atoms with Crippen molar-refractivity contribution in [3.05, 3.63) is 106 Å². The van der Waals surface area contributed by atoms with Gasteiger partial charge in [0.05, 0.1) is 18.2 Å². The quantitative estimate of drug-likeness (QED) is 0.201. The molecule has 3 unspecified atom stereocenters. The standard InChI is InChI=1S/C28H24ClF2NO4/c1-2-3-16-36-28(35)32-25(18-12-14-19(29)15-13-18)22(17-8-5-4-6-9-17)24(27(32)34)26(33)23-20(30)10-7-11-21(23)31/h4-15,22,24-25H,2-3,16H2,1H3. The molecule has 0 N–H and O–H groups in total. The molecular formula is C28H24ClF2NO4. The molecule has 3 aromatic rings. The van der Waals surface area contributed by atoms with Gasteiger partial charge in [0.1, 0.15) is 17.6 Å². The van der Waals surface area contributed by atoms with Crippen LogP contribution >= 0.6 is 11.6 Å². The van der Waals surface area contributed by atoms with Crippen LogP contribution in [0.5, 0.6) is 0 Å². The van der Waals surface area contributed by atoms with Crippen LogP contribution in [0.25, 0.3) is 0 Å². The minimum absolute atomic E-state index is 0.0863. The van der Waals surface area contributed by atoms with Gasteiger partial charge in [-0.3, -0.25) is 9.59 Å². The molecule has 0 saturated carbocycles. The van der Waals surface area contributed by atoms with Crippen LogP contribution in [0.1, 0.15) is 53.2 Å². The molecule has 1 fully saturated rings. The second kappa shape index (κ2) is 11.0. The summed E-state index contributed by atoms with van der Waals surface area (Å²) in [4.78, 5) is 41.5. The van der Waals surface area contributed by atoms with Gasteiger partial charge in [-0.15, -0.1) is 0 Å². The number of hydrogen-bond acceptors (Lipinski definition) is 4. The Kier molecular flexibility index (Phi) is 7.79. The normalized spacial score (nSPS) is 19.4. The molecule has 0 bridgehead atoms. The summed E-state index contributed by atoms with van der Waals surface area (Å²) in [5.74, 6) is -6.55. The summed E-state index contributed by atoms with van der Waals surface area (Å²) in [6, 6.07) is 17.3. The summed E-state index contributed by atoms with van der Waals surface area (Å²) in [7, 11) is 0. The number of rotatable bonds is 7. The highest BCUT2D eigenvalue weighted by Crippen LogP contribution is 2.49. The molecule has 36 heavy (non-hydrogen) atoms. The number of carbonyl (C=O) groups is 3. The Bertz CT molecular complexity index is 1250. The number of ketones is 1. The molecule has 3 aromatic carbocycles. The first kappa shape index (κ1) is 25.5. The van der Waals surface area contributed by atoms with E-state index in [-0.39, 0.29) is 6.61 Å². The predicted molar refractivity (Wildman–Crippen MR) is 131 cm³/mol. The van der Waals surface area contributed by atoms with Gasteiger partial charge in [-0.1, -0.05) is 73.5 Å². The van der Waals surface area contributed by atoms with Crippen LogP contribution in [0.4, 0.5) is 13.6 Å². The minimum atomic E-state index is -1.56. The van der Waals surface area contributed by atoms with Crippen molar-refractivity contribution >= 4 is 29.4 Å². The number of likely N-dealkylation sites (tertiary alicyclic amines) is 1. The number of Topliss-reactive ketones (excluding diaryl/α,β-unsaturated/α-hetero) is 1. The van der Waals surface area contributed by atoms with Gasteiger partial charge in [0, 0.05) is 10.9 Å². The van der Waals surface area contributed by atoms with Gasteiger partial charge in [0.25, 0.3) is 0 Å². The Morgan fingerprint density at radius 3 is 2.17 bits per heavy atom. The molecular weight excluding hydrogens is 488 g/mol. The van der Waals surface area contributed by atoms with Crippen molar-refractivity contribution in [2.75, 3.05) is 6.61 Å². The predicted octanol–water partition coefficient (Wildman–Crippen LogP) is 6.72. The Morgan fingerprint density at radius 1 is 0.917 bits per heavy atom. The van der Waals surface area contributed by atoms with Gasteiger partial charge < -0.3 is 4.74 Å². The number of hydrogen-bond donors (Lipinski definition) is 0. The van der Waals surface area contributed by atoms with E-state index in [0.29, 0.717) is 22.6 Å². The molecule has 186 valence electrons. The lowest BCUT2D eigenvalue weighted by molar-refractivity contribution is -0.129. The number of unbranched alkanes of at least 4 members (excludes halogenated alkanes) is 1. The largest absolute Gasteiger partial charge is 0.449 e. The zero-order valence-corrected chi connectivity index (χ0v) is 20.3. The first-order valence-electron chi connectivity index (χ1n) is 11.6. The average Bonchev–Trinajstić information content (AvgIpc) is 3.17. The Hall–Kier alpha value is -3.58. The Labute approximate surface area is 212 Å². The molecule has 1 heterocycles. The van der Waals surface area contributed by atoms with Crippen molar-refractivity contribution in [3.8, 4) is 0 Å². The fourth-order valence-electron chi connectivity index (χ4n) is 4.59. The summed E-state index contributed by atoms with van der Waals surface area (Å²) in [6.45, 7) is 2.01. The van der Waals surface area contributed by atoms with Crippen LogP contribution in [0.2, 0.25) is 5.02 Å². The SMILES string of the molecule is CCCCOC(=O)N1C(=O)C(C(=O)c2c(F)cccc2F)C(c2ccccc2)C1c1ccc(Cl)cc1. The fourth-order valence-corrected chi connectivity index (χ4v) is 4.72. The first-order chi connectivity index (χ1) is 17.3. The summed E-state index contributed by atoms with van der Waals surface area (Å²) in [5.41, 5.74) is 0.274. The van der Waals surface area contributed by atoms with Crippen molar-refractivity contribution in [2.45, 2.75) is 31.7 Å². The molecule has 0 radical (unpaired) electrons. The highest BCUT2D eigenvalue weighted by Gasteiger charge is 2.56. The van der Waals surface area contributed by atoms with Crippen LogP contribution < -0.4 is 0 Å². The number of ether oxygens (including phenoxy) is 1. The van der Waals surface area contributed by atoms with Crippen LogP contribution in [0.3, 0.4) is 0 Å². The third-order valence-electron chi connectivity index (χ3n) is 6.29. The van der Waals surface area contributed by atoms with E-state index in [0.717, 1.165) is 29.5 Å². The molecule has 0 aromatic heterocycles. The monoisotopic (exact) mass is 511 g/mol. The van der Waals surface area contributed by atoms with Gasteiger partial charge >= 0.3 is 6.09 Å². The molecule has 8 heteroatoms. The third-order valence-corrected chi connectivity index (χ3v) is 6.54. The maximum atomic E-state index is 14.6. The summed E-state index contributed by atoms with van der Waals surface area (Å²) < 4.78 is 34.6. The highest BCUT2D eigenvalue weighted by atomic mass is 35.5. The van der Waals surface area contributed by atoms with E-state index < -0.39 is 52.9 Å². The van der Waals surface area contributed by atoms with Crippen molar-refractivity contribution < 1.29 is 27.9 Å². The lowest BCUT2D eigenvalue weighted by Gasteiger charge is -2.27. The topological polar surface area (TPSA) is 63.7 Å². The van der Waals surface area contributed by atoms with Crippen molar-refractivity contribution in [1.29, 1.82) is 0 Å². The molecule has 2 amide bonds.